The molecule has 7 nitrogen and oxygen atoms in total. The molecule has 0 rings (SSSR count). The lowest BCUT2D eigenvalue weighted by Gasteiger charge is -2.16. The molecule has 2 unspecified atom stereocenters. The third-order valence-corrected chi connectivity index (χ3v) is 1.81. The molecule has 0 amide bonds. The highest BCUT2D eigenvalue weighted by Gasteiger charge is 2.12. The van der Waals surface area contributed by atoms with Gasteiger partial charge in [-0.25, -0.2) is 4.21 Å². The smallest absolute Gasteiger partial charge is 0.279 e. The Hall–Kier alpha value is -0.570. The summed E-state index contributed by atoms with van der Waals surface area (Å²) in [6, 6.07) is -0.333. The van der Waals surface area contributed by atoms with E-state index in [4.69, 9.17) is 21.6 Å². The summed E-state index contributed by atoms with van der Waals surface area (Å²) in [6.07, 6.45) is 0.531. The van der Waals surface area contributed by atoms with Gasteiger partial charge in [0.2, 0.25) is 0 Å². The molecular weight excluding hydrogens is 182 g/mol. The topological polar surface area (TPSA) is 129 Å². The van der Waals surface area contributed by atoms with E-state index in [0.29, 0.717) is 17.4 Å². The molecule has 2 atom stereocenters. The van der Waals surface area contributed by atoms with Gasteiger partial charge < -0.3 is 11.5 Å². The average Bonchev–Trinajstić information content (AvgIpc) is 2.00. The Morgan fingerprint density at radius 1 is 1.75 bits per heavy atom. The zero-order chi connectivity index (χ0) is 9.56. The zero-order valence-electron chi connectivity index (χ0n) is 6.51. The van der Waals surface area contributed by atoms with Gasteiger partial charge in [-0.05, 0) is 13.0 Å². The van der Waals surface area contributed by atoms with Crippen molar-refractivity contribution in [1.82, 2.24) is 4.41 Å². The third-order valence-electron chi connectivity index (χ3n) is 1.22. The van der Waals surface area contributed by atoms with Crippen molar-refractivity contribution in [2.75, 3.05) is 13.1 Å². The first-order valence-corrected chi connectivity index (χ1v) is 4.39. The number of nitrogens with one attached hydrogen (secondary N) is 1. The molecule has 0 bridgehead atoms. The van der Waals surface area contributed by atoms with E-state index in [1.807, 2.05) is 0 Å². The van der Waals surface area contributed by atoms with Crippen molar-refractivity contribution in [2.45, 2.75) is 12.5 Å². The molecule has 0 aromatic rings. The van der Waals surface area contributed by atoms with Crippen LogP contribution in [0.4, 0.5) is 0 Å². The van der Waals surface area contributed by atoms with Crippen LogP contribution in [-0.4, -0.2) is 32.3 Å². The molecule has 0 heterocycles. The summed E-state index contributed by atoms with van der Waals surface area (Å²) < 4.78 is 19.6. The molecule has 0 radical (unpaired) electrons. The van der Waals surface area contributed by atoms with E-state index in [9.17, 15) is 4.21 Å². The van der Waals surface area contributed by atoms with E-state index in [2.05, 4.69) is 5.22 Å². The van der Waals surface area contributed by atoms with Crippen LogP contribution in [0.3, 0.4) is 0 Å². The van der Waals surface area contributed by atoms with Crippen molar-refractivity contribution in [3.63, 3.8) is 0 Å². The van der Waals surface area contributed by atoms with Crippen LogP contribution in [0.15, 0.2) is 5.22 Å². The first kappa shape index (κ1) is 11.4. The second kappa shape index (κ2) is 6.00. The highest BCUT2D eigenvalue weighted by molar-refractivity contribution is 7.76. The Bertz CT molecular complexity index is 166. The minimum Gasteiger partial charge on any atom is -0.330 e. The van der Waals surface area contributed by atoms with Crippen molar-refractivity contribution in [1.29, 1.82) is 5.53 Å². The van der Waals surface area contributed by atoms with Gasteiger partial charge in [0.25, 0.3) is 11.3 Å². The monoisotopic (exact) mass is 195 g/mol. The van der Waals surface area contributed by atoms with Gasteiger partial charge in [0, 0.05) is 6.04 Å². The Morgan fingerprint density at radius 2 is 2.33 bits per heavy atom. The molecule has 0 aromatic carbocycles. The molecule has 0 aliphatic rings. The minimum absolute atomic E-state index is 0.0593. The van der Waals surface area contributed by atoms with Crippen molar-refractivity contribution in [2.24, 2.45) is 16.7 Å². The molecule has 0 fully saturated rings. The Kier molecular flexibility index (Phi) is 5.72. The predicted molar refractivity (Wildman–Crippen MR) is 44.3 cm³/mol. The molecule has 0 aromatic heterocycles. The second-order valence-corrected chi connectivity index (χ2v) is 3.09. The number of nitrogens with zero attached hydrogens (tertiary/aromatic N) is 2. The van der Waals surface area contributed by atoms with Gasteiger partial charge in [0.15, 0.2) is 0 Å². The summed E-state index contributed by atoms with van der Waals surface area (Å²) in [7, 11) is 0. The van der Waals surface area contributed by atoms with Crippen LogP contribution in [0.5, 0.6) is 0 Å². The van der Waals surface area contributed by atoms with Crippen LogP contribution in [0.2, 0.25) is 0 Å². The maximum atomic E-state index is 10.4. The van der Waals surface area contributed by atoms with Gasteiger partial charge in [0.05, 0.1) is 6.54 Å². The zero-order valence-corrected chi connectivity index (χ0v) is 7.33. The highest BCUT2D eigenvalue weighted by atomic mass is 32.2. The number of nitrogens with two attached hydrogens (primary N) is 2. The fourth-order valence-corrected chi connectivity index (χ4v) is 1.03. The van der Waals surface area contributed by atoms with Crippen molar-refractivity contribution >= 4 is 11.3 Å². The fraction of sp³-hybridized carbons (Fsp3) is 1.00. The standard InChI is InChI=1S/C4H13N5O2S/c5-2-1-4(6)3-9(8-7)12(10)11/h4,7H,1-3,5-6H2,(H,10,11). The van der Waals surface area contributed by atoms with Crippen LogP contribution < -0.4 is 11.5 Å². The second-order valence-electron chi connectivity index (χ2n) is 2.20. The fourth-order valence-electron chi connectivity index (χ4n) is 0.645. The minimum atomic E-state index is -2.27. The number of rotatable bonds is 6. The van der Waals surface area contributed by atoms with E-state index in [0.717, 1.165) is 0 Å². The van der Waals surface area contributed by atoms with Gasteiger partial charge >= 0.3 is 0 Å². The van der Waals surface area contributed by atoms with Gasteiger partial charge in [0.1, 0.15) is 0 Å². The van der Waals surface area contributed by atoms with Crippen molar-refractivity contribution in [3.05, 3.63) is 0 Å². The maximum absolute atomic E-state index is 10.4. The van der Waals surface area contributed by atoms with E-state index in [1.54, 1.807) is 0 Å². The molecule has 0 saturated heterocycles. The summed E-state index contributed by atoms with van der Waals surface area (Å²) in [6.45, 7) is 0.467. The summed E-state index contributed by atoms with van der Waals surface area (Å²) >= 11 is -2.27. The predicted octanol–water partition coefficient (Wildman–Crippen LogP) is -0.953. The first-order chi connectivity index (χ1) is 5.61. The van der Waals surface area contributed by atoms with Crippen molar-refractivity contribution < 1.29 is 8.76 Å². The Balaban J connectivity index is 3.85. The van der Waals surface area contributed by atoms with E-state index in [1.165, 1.54) is 0 Å². The van der Waals surface area contributed by atoms with Gasteiger partial charge in [-0.2, -0.15) is 9.95 Å². The van der Waals surface area contributed by atoms with Gasteiger partial charge in [-0.15, -0.1) is 0 Å². The van der Waals surface area contributed by atoms with E-state index in [-0.39, 0.29) is 12.6 Å². The van der Waals surface area contributed by atoms with E-state index >= 15 is 0 Å². The van der Waals surface area contributed by atoms with Gasteiger partial charge in [-0.3, -0.25) is 4.55 Å². The van der Waals surface area contributed by atoms with E-state index < -0.39 is 11.3 Å². The number of hydrogen-bond donors (Lipinski definition) is 4. The molecule has 72 valence electrons. The SMILES string of the molecule is N=NN(CC(N)CCN)S(=O)O. The quantitative estimate of drug-likeness (QED) is 0.247. The lowest BCUT2D eigenvalue weighted by atomic mass is 10.2. The number of hydrogen-bond acceptors (Lipinski definition) is 5. The third kappa shape index (κ3) is 4.34. The summed E-state index contributed by atoms with van der Waals surface area (Å²) in [4.78, 5) is 0. The largest absolute Gasteiger partial charge is 0.330 e. The normalized spacial score (nSPS) is 15.2. The molecular formula is C4H13N5O2S. The van der Waals surface area contributed by atoms with Crippen LogP contribution >= 0.6 is 0 Å². The van der Waals surface area contributed by atoms with Crippen LogP contribution in [0.1, 0.15) is 6.42 Å². The molecule has 0 aliphatic heterocycles. The summed E-state index contributed by atoms with van der Waals surface area (Å²) in [5.41, 5.74) is 17.2. The Labute approximate surface area is 73.0 Å². The molecule has 0 saturated carbocycles. The first-order valence-electron chi connectivity index (χ1n) is 3.33. The average molecular weight is 195 g/mol. The van der Waals surface area contributed by atoms with Crippen molar-refractivity contribution in [3.8, 4) is 0 Å². The highest BCUT2D eigenvalue weighted by Crippen LogP contribution is 1.96. The van der Waals surface area contributed by atoms with Crippen LogP contribution in [-0.2, 0) is 11.3 Å². The maximum Gasteiger partial charge on any atom is 0.279 e. The molecule has 12 heavy (non-hydrogen) atoms. The molecule has 0 aliphatic carbocycles. The van der Waals surface area contributed by atoms with Crippen LogP contribution in [0, 0.1) is 5.53 Å². The lowest BCUT2D eigenvalue weighted by molar-refractivity contribution is 0.356. The summed E-state index contributed by atoms with van der Waals surface area (Å²) in [5.74, 6) is 0. The van der Waals surface area contributed by atoms with Crippen LogP contribution in [0.25, 0.3) is 0 Å². The lowest BCUT2D eigenvalue weighted by Crippen LogP contribution is -2.36. The molecule has 8 heteroatoms. The molecule has 6 N–H and O–H groups in total. The Morgan fingerprint density at radius 3 is 2.67 bits per heavy atom. The summed E-state index contributed by atoms with van der Waals surface area (Å²) in [5, 5.41) is 2.82. The van der Waals surface area contributed by atoms with Gasteiger partial charge in [-0.1, -0.05) is 5.22 Å². The molecule has 0 spiro atoms.